The van der Waals surface area contributed by atoms with Gasteiger partial charge in [-0.25, -0.2) is 9.79 Å². The molecule has 0 amide bonds. The summed E-state index contributed by atoms with van der Waals surface area (Å²) in [6.07, 6.45) is 1.60. The van der Waals surface area contributed by atoms with E-state index in [4.69, 9.17) is 11.6 Å². The molecule has 4 nitrogen and oxygen atoms in total. The highest BCUT2D eigenvalue weighted by Crippen LogP contribution is 2.24. The van der Waals surface area contributed by atoms with E-state index in [1.807, 2.05) is 14.1 Å². The number of aliphatic imine (C=N–C) groups is 1. The van der Waals surface area contributed by atoms with Crippen molar-refractivity contribution in [2.45, 2.75) is 0 Å². The van der Waals surface area contributed by atoms with Crippen LogP contribution in [-0.4, -0.2) is 38.4 Å². The Morgan fingerprint density at radius 1 is 1.50 bits per heavy atom. The van der Waals surface area contributed by atoms with Crippen LogP contribution in [0.15, 0.2) is 23.2 Å². The van der Waals surface area contributed by atoms with Gasteiger partial charge >= 0.3 is 5.97 Å². The number of esters is 1. The molecule has 0 spiro atoms. The minimum atomic E-state index is -0.428. The minimum absolute atomic E-state index is 0.394. The molecule has 86 valence electrons. The van der Waals surface area contributed by atoms with Gasteiger partial charge in [-0.2, -0.15) is 0 Å². The molecule has 0 bridgehead atoms. The summed E-state index contributed by atoms with van der Waals surface area (Å²) >= 11 is 5.84. The van der Waals surface area contributed by atoms with E-state index in [9.17, 15) is 4.79 Å². The van der Waals surface area contributed by atoms with Crippen LogP contribution in [-0.2, 0) is 4.74 Å². The van der Waals surface area contributed by atoms with Crippen molar-refractivity contribution in [1.82, 2.24) is 4.90 Å². The second kappa shape index (κ2) is 5.51. The fourth-order valence-electron chi connectivity index (χ4n) is 1.07. The minimum Gasteiger partial charge on any atom is -0.465 e. The Kier molecular flexibility index (Phi) is 4.31. The van der Waals surface area contributed by atoms with Crippen LogP contribution in [0.5, 0.6) is 0 Å². The first-order chi connectivity index (χ1) is 7.54. The lowest BCUT2D eigenvalue weighted by Crippen LogP contribution is -2.08. The van der Waals surface area contributed by atoms with Crippen LogP contribution in [0.1, 0.15) is 10.4 Å². The van der Waals surface area contributed by atoms with Gasteiger partial charge in [-0.05, 0) is 18.2 Å². The summed E-state index contributed by atoms with van der Waals surface area (Å²) in [6.45, 7) is 0. The molecule has 16 heavy (non-hydrogen) atoms. The van der Waals surface area contributed by atoms with Crippen LogP contribution < -0.4 is 0 Å². The molecular weight excluding hydrogens is 228 g/mol. The summed E-state index contributed by atoms with van der Waals surface area (Å²) < 4.78 is 4.65. The van der Waals surface area contributed by atoms with Crippen molar-refractivity contribution in [3.05, 3.63) is 28.8 Å². The molecule has 0 aliphatic carbocycles. The van der Waals surface area contributed by atoms with Gasteiger partial charge in [-0.15, -0.1) is 0 Å². The maximum Gasteiger partial charge on any atom is 0.340 e. The van der Waals surface area contributed by atoms with Gasteiger partial charge in [0.15, 0.2) is 0 Å². The lowest BCUT2D eigenvalue weighted by Gasteiger charge is -2.06. The van der Waals surface area contributed by atoms with Crippen molar-refractivity contribution in [2.75, 3.05) is 21.2 Å². The molecule has 0 aliphatic rings. The van der Waals surface area contributed by atoms with Gasteiger partial charge in [-0.3, -0.25) is 0 Å². The average molecular weight is 241 g/mol. The summed E-state index contributed by atoms with van der Waals surface area (Å²) in [6, 6.07) is 4.84. The van der Waals surface area contributed by atoms with E-state index in [2.05, 4.69) is 9.73 Å². The molecule has 0 aliphatic heterocycles. The number of carbonyl (C=O) groups excluding carboxylic acids is 1. The van der Waals surface area contributed by atoms with Crippen molar-refractivity contribution in [3.63, 3.8) is 0 Å². The largest absolute Gasteiger partial charge is 0.465 e. The number of benzene rings is 1. The molecule has 1 aromatic carbocycles. The van der Waals surface area contributed by atoms with Gasteiger partial charge < -0.3 is 9.64 Å². The Hall–Kier alpha value is -1.55. The maximum absolute atomic E-state index is 11.4. The molecule has 0 saturated carbocycles. The topological polar surface area (TPSA) is 41.9 Å². The zero-order valence-corrected chi connectivity index (χ0v) is 10.2. The van der Waals surface area contributed by atoms with E-state index in [-0.39, 0.29) is 0 Å². The quantitative estimate of drug-likeness (QED) is 0.463. The first-order valence-corrected chi connectivity index (χ1v) is 5.01. The first-order valence-electron chi connectivity index (χ1n) is 4.63. The molecule has 0 atom stereocenters. The molecule has 1 aromatic rings. The summed E-state index contributed by atoms with van der Waals surface area (Å²) in [7, 11) is 5.01. The number of hydrogen-bond donors (Lipinski definition) is 0. The second-order valence-electron chi connectivity index (χ2n) is 3.36. The summed E-state index contributed by atoms with van der Waals surface area (Å²) in [4.78, 5) is 17.4. The highest BCUT2D eigenvalue weighted by atomic mass is 35.5. The van der Waals surface area contributed by atoms with Crippen LogP contribution in [0.25, 0.3) is 0 Å². The van der Waals surface area contributed by atoms with Gasteiger partial charge in [0.05, 0.1) is 24.7 Å². The zero-order valence-electron chi connectivity index (χ0n) is 9.40. The predicted molar refractivity (Wildman–Crippen MR) is 64.6 cm³/mol. The molecular formula is C11H13ClN2O2. The van der Waals surface area contributed by atoms with Gasteiger partial charge in [0.1, 0.15) is 0 Å². The van der Waals surface area contributed by atoms with Crippen LogP contribution in [0.3, 0.4) is 0 Å². The molecule has 0 heterocycles. The van der Waals surface area contributed by atoms with Crippen LogP contribution >= 0.6 is 11.6 Å². The van der Waals surface area contributed by atoms with Gasteiger partial charge in [0, 0.05) is 19.1 Å². The van der Waals surface area contributed by atoms with Crippen LogP contribution in [0, 0.1) is 0 Å². The van der Waals surface area contributed by atoms with Crippen molar-refractivity contribution in [1.29, 1.82) is 0 Å². The highest BCUT2D eigenvalue weighted by Gasteiger charge is 2.11. The number of methoxy groups -OCH3 is 1. The fourth-order valence-corrected chi connectivity index (χ4v) is 1.24. The monoisotopic (exact) mass is 240 g/mol. The number of ether oxygens (including phenoxy) is 1. The number of hydrogen-bond acceptors (Lipinski definition) is 3. The SMILES string of the molecule is COC(=O)c1ccc(Cl)cc1/N=C/N(C)C. The van der Waals surface area contributed by atoms with Crippen molar-refractivity contribution >= 4 is 29.6 Å². The van der Waals surface area contributed by atoms with E-state index >= 15 is 0 Å². The number of rotatable bonds is 3. The fraction of sp³-hybridized carbons (Fsp3) is 0.273. The third kappa shape index (κ3) is 3.24. The Morgan fingerprint density at radius 2 is 2.19 bits per heavy atom. The van der Waals surface area contributed by atoms with Gasteiger partial charge in [0.2, 0.25) is 0 Å². The number of halogens is 1. The summed E-state index contributed by atoms with van der Waals surface area (Å²) in [5.74, 6) is -0.428. The molecule has 0 aromatic heterocycles. The van der Waals surface area contributed by atoms with Crippen molar-refractivity contribution in [3.8, 4) is 0 Å². The standard InChI is InChI=1S/C11H13ClN2O2/c1-14(2)7-13-10-6-8(12)4-5-9(10)11(15)16-3/h4-7H,1-3H3/b13-7+. The Labute approximate surface area is 99.5 Å². The Balaban J connectivity index is 3.13. The summed E-state index contributed by atoms with van der Waals surface area (Å²) in [5, 5.41) is 0.526. The molecule has 0 saturated heterocycles. The molecule has 5 heteroatoms. The first kappa shape index (κ1) is 12.5. The average Bonchev–Trinajstić information content (AvgIpc) is 2.25. The van der Waals surface area contributed by atoms with E-state index in [1.165, 1.54) is 7.11 Å². The molecule has 0 fully saturated rings. The molecule has 0 unspecified atom stereocenters. The number of carbonyl (C=O) groups is 1. The van der Waals surface area contributed by atoms with Gasteiger partial charge in [-0.1, -0.05) is 11.6 Å². The molecule has 0 N–H and O–H groups in total. The van der Waals surface area contributed by atoms with E-state index in [0.29, 0.717) is 16.3 Å². The van der Waals surface area contributed by atoms with E-state index in [1.54, 1.807) is 29.4 Å². The second-order valence-corrected chi connectivity index (χ2v) is 3.80. The van der Waals surface area contributed by atoms with Crippen molar-refractivity contribution in [2.24, 2.45) is 4.99 Å². The van der Waals surface area contributed by atoms with E-state index in [0.717, 1.165) is 0 Å². The third-order valence-electron chi connectivity index (χ3n) is 1.79. The predicted octanol–water partition coefficient (Wildman–Crippen LogP) is 2.35. The number of nitrogens with zero attached hydrogens (tertiary/aromatic N) is 2. The Bertz CT molecular complexity index is 416. The van der Waals surface area contributed by atoms with Crippen LogP contribution in [0.2, 0.25) is 5.02 Å². The van der Waals surface area contributed by atoms with E-state index < -0.39 is 5.97 Å². The molecule has 1 rings (SSSR count). The smallest absolute Gasteiger partial charge is 0.340 e. The maximum atomic E-state index is 11.4. The lowest BCUT2D eigenvalue weighted by atomic mass is 10.2. The summed E-state index contributed by atoms with van der Waals surface area (Å²) in [5.41, 5.74) is 0.887. The van der Waals surface area contributed by atoms with Crippen molar-refractivity contribution < 1.29 is 9.53 Å². The highest BCUT2D eigenvalue weighted by molar-refractivity contribution is 6.31. The zero-order chi connectivity index (χ0) is 12.1. The van der Waals surface area contributed by atoms with Crippen LogP contribution in [0.4, 0.5) is 5.69 Å². The normalized spacial score (nSPS) is 10.5. The Morgan fingerprint density at radius 3 is 2.75 bits per heavy atom. The lowest BCUT2D eigenvalue weighted by molar-refractivity contribution is 0.0602. The molecule has 0 radical (unpaired) electrons. The van der Waals surface area contributed by atoms with Gasteiger partial charge in [0.25, 0.3) is 0 Å². The third-order valence-corrected chi connectivity index (χ3v) is 2.03.